The zero-order chi connectivity index (χ0) is 14.5. The van der Waals surface area contributed by atoms with Gasteiger partial charge in [0.05, 0.1) is 24.3 Å². The molecule has 2 heterocycles. The van der Waals surface area contributed by atoms with E-state index in [1.54, 1.807) is 6.26 Å². The van der Waals surface area contributed by atoms with Crippen molar-refractivity contribution >= 4 is 0 Å². The molecular weight excluding hydrogens is 252 g/mol. The molecule has 1 unspecified atom stereocenters. The zero-order valence-electron chi connectivity index (χ0n) is 12.7. The molecule has 0 aliphatic rings. The fraction of sp³-hybridized carbons (Fsp3) is 0.533. The van der Waals surface area contributed by atoms with Crippen molar-refractivity contribution in [1.82, 2.24) is 19.8 Å². The van der Waals surface area contributed by atoms with Crippen LogP contribution in [0.2, 0.25) is 0 Å². The van der Waals surface area contributed by atoms with Gasteiger partial charge in [-0.15, -0.1) is 0 Å². The van der Waals surface area contributed by atoms with Crippen molar-refractivity contribution < 1.29 is 4.42 Å². The Kier molecular flexibility index (Phi) is 4.98. The van der Waals surface area contributed by atoms with Gasteiger partial charge in [-0.3, -0.25) is 4.90 Å². The van der Waals surface area contributed by atoms with Gasteiger partial charge in [0, 0.05) is 25.3 Å². The summed E-state index contributed by atoms with van der Waals surface area (Å²) in [5.41, 5.74) is 1.21. The highest BCUT2D eigenvalue weighted by atomic mass is 16.3. The van der Waals surface area contributed by atoms with E-state index in [1.165, 1.54) is 5.69 Å². The first-order valence-electron chi connectivity index (χ1n) is 7.01. The van der Waals surface area contributed by atoms with E-state index in [0.717, 1.165) is 18.8 Å². The second kappa shape index (κ2) is 6.72. The SMILES string of the molecule is CC(C)n1cncc1CNCC(c1ccco1)N(C)C. The molecule has 0 saturated carbocycles. The number of hydrogen-bond donors (Lipinski definition) is 1. The molecule has 0 aromatic carbocycles. The Bertz CT molecular complexity index is 502. The topological polar surface area (TPSA) is 46.2 Å². The third-order valence-corrected chi connectivity index (χ3v) is 3.44. The van der Waals surface area contributed by atoms with Gasteiger partial charge in [0.25, 0.3) is 0 Å². The molecule has 2 rings (SSSR count). The molecule has 0 bridgehead atoms. The average molecular weight is 276 g/mol. The van der Waals surface area contributed by atoms with Gasteiger partial charge in [0.1, 0.15) is 5.76 Å². The van der Waals surface area contributed by atoms with Crippen LogP contribution in [0, 0.1) is 0 Å². The van der Waals surface area contributed by atoms with Gasteiger partial charge >= 0.3 is 0 Å². The third-order valence-electron chi connectivity index (χ3n) is 3.44. The molecule has 5 heteroatoms. The maximum Gasteiger partial charge on any atom is 0.122 e. The maximum atomic E-state index is 5.51. The number of hydrogen-bond acceptors (Lipinski definition) is 4. The normalized spacial score (nSPS) is 13.3. The minimum atomic E-state index is 0.237. The molecular formula is C15H24N4O. The molecule has 20 heavy (non-hydrogen) atoms. The summed E-state index contributed by atoms with van der Waals surface area (Å²) in [7, 11) is 4.13. The Morgan fingerprint density at radius 2 is 2.20 bits per heavy atom. The molecule has 2 aromatic rings. The molecule has 0 fully saturated rings. The van der Waals surface area contributed by atoms with E-state index >= 15 is 0 Å². The molecule has 0 aliphatic heterocycles. The number of nitrogens with one attached hydrogen (secondary N) is 1. The standard InChI is InChI=1S/C15H24N4O/c1-12(2)19-11-17-9-13(19)8-16-10-14(18(3)4)15-6-5-7-20-15/h5-7,9,11-12,14,16H,8,10H2,1-4H3. The van der Waals surface area contributed by atoms with Gasteiger partial charge in [-0.2, -0.15) is 0 Å². The summed E-state index contributed by atoms with van der Waals surface area (Å²) < 4.78 is 7.69. The van der Waals surface area contributed by atoms with Gasteiger partial charge in [-0.1, -0.05) is 0 Å². The van der Waals surface area contributed by atoms with Crippen LogP contribution in [0.25, 0.3) is 0 Å². The fourth-order valence-electron chi connectivity index (χ4n) is 2.29. The molecule has 5 nitrogen and oxygen atoms in total. The lowest BCUT2D eigenvalue weighted by Crippen LogP contribution is -2.31. The number of rotatable bonds is 7. The zero-order valence-corrected chi connectivity index (χ0v) is 12.7. The van der Waals surface area contributed by atoms with E-state index in [4.69, 9.17) is 4.42 Å². The van der Waals surface area contributed by atoms with Crippen molar-refractivity contribution in [3.05, 3.63) is 42.4 Å². The van der Waals surface area contributed by atoms with Crippen molar-refractivity contribution in [3.63, 3.8) is 0 Å². The predicted molar refractivity (Wildman–Crippen MR) is 79.5 cm³/mol. The number of nitrogens with zero attached hydrogens (tertiary/aromatic N) is 3. The lowest BCUT2D eigenvalue weighted by molar-refractivity contribution is 0.249. The van der Waals surface area contributed by atoms with Crippen LogP contribution in [-0.2, 0) is 6.54 Å². The molecule has 0 aliphatic carbocycles. The van der Waals surface area contributed by atoms with Gasteiger partial charge in [-0.05, 0) is 40.1 Å². The number of likely N-dealkylation sites (N-methyl/N-ethyl adjacent to an activating group) is 1. The monoisotopic (exact) mass is 276 g/mol. The first kappa shape index (κ1) is 14.8. The summed E-state index contributed by atoms with van der Waals surface area (Å²) in [6.07, 6.45) is 5.53. The minimum Gasteiger partial charge on any atom is -0.468 e. The quantitative estimate of drug-likeness (QED) is 0.844. The van der Waals surface area contributed by atoms with Gasteiger partial charge in [0.15, 0.2) is 0 Å². The fourth-order valence-corrected chi connectivity index (χ4v) is 2.29. The summed E-state index contributed by atoms with van der Waals surface area (Å²) in [5.74, 6) is 0.986. The second-order valence-electron chi connectivity index (χ2n) is 5.51. The van der Waals surface area contributed by atoms with Crippen LogP contribution in [0.4, 0.5) is 0 Å². The molecule has 0 amide bonds. The van der Waals surface area contributed by atoms with Crippen LogP contribution in [0.1, 0.15) is 37.4 Å². The summed E-state index contributed by atoms with van der Waals surface area (Å²) >= 11 is 0. The van der Waals surface area contributed by atoms with Crippen LogP contribution < -0.4 is 5.32 Å². The van der Waals surface area contributed by atoms with E-state index in [2.05, 4.69) is 47.7 Å². The molecule has 1 N–H and O–H groups in total. The highest BCUT2D eigenvalue weighted by Gasteiger charge is 2.16. The predicted octanol–water partition coefficient (Wildman–Crippen LogP) is 2.45. The smallest absolute Gasteiger partial charge is 0.122 e. The van der Waals surface area contributed by atoms with Crippen LogP contribution in [0.3, 0.4) is 0 Å². The molecule has 110 valence electrons. The first-order valence-corrected chi connectivity index (χ1v) is 7.01. The van der Waals surface area contributed by atoms with Crippen LogP contribution in [0.15, 0.2) is 35.3 Å². The summed E-state index contributed by atoms with van der Waals surface area (Å²) in [6.45, 7) is 5.97. The second-order valence-corrected chi connectivity index (χ2v) is 5.51. The average Bonchev–Trinajstić information content (AvgIpc) is 3.05. The Morgan fingerprint density at radius 3 is 2.80 bits per heavy atom. The lowest BCUT2D eigenvalue weighted by Gasteiger charge is -2.23. The molecule has 0 saturated heterocycles. The van der Waals surface area contributed by atoms with E-state index in [-0.39, 0.29) is 6.04 Å². The molecule has 0 radical (unpaired) electrons. The highest BCUT2D eigenvalue weighted by Crippen LogP contribution is 2.17. The summed E-state index contributed by atoms with van der Waals surface area (Å²) in [6, 6.07) is 4.62. The van der Waals surface area contributed by atoms with Crippen LogP contribution in [-0.4, -0.2) is 35.1 Å². The molecule has 1 atom stereocenters. The van der Waals surface area contributed by atoms with Gasteiger partial charge < -0.3 is 14.3 Å². The van der Waals surface area contributed by atoms with E-state index in [9.17, 15) is 0 Å². The lowest BCUT2D eigenvalue weighted by atomic mass is 10.2. The number of furan rings is 1. The Hall–Kier alpha value is -1.59. The van der Waals surface area contributed by atoms with Crippen LogP contribution in [0.5, 0.6) is 0 Å². The minimum absolute atomic E-state index is 0.237. The third kappa shape index (κ3) is 3.49. The number of aromatic nitrogens is 2. The Labute approximate surface area is 120 Å². The Balaban J connectivity index is 1.92. The van der Waals surface area contributed by atoms with Gasteiger partial charge in [-0.25, -0.2) is 4.98 Å². The van der Waals surface area contributed by atoms with Crippen molar-refractivity contribution in [2.75, 3.05) is 20.6 Å². The van der Waals surface area contributed by atoms with Gasteiger partial charge in [0.2, 0.25) is 0 Å². The molecule has 0 spiro atoms. The van der Waals surface area contributed by atoms with Crippen molar-refractivity contribution in [2.45, 2.75) is 32.5 Å². The largest absolute Gasteiger partial charge is 0.468 e. The highest BCUT2D eigenvalue weighted by molar-refractivity contribution is 5.05. The van der Waals surface area contributed by atoms with Crippen molar-refractivity contribution in [3.8, 4) is 0 Å². The Morgan fingerprint density at radius 1 is 1.40 bits per heavy atom. The van der Waals surface area contributed by atoms with Crippen molar-refractivity contribution in [2.24, 2.45) is 0 Å². The van der Waals surface area contributed by atoms with Crippen LogP contribution >= 0.6 is 0 Å². The summed E-state index contributed by atoms with van der Waals surface area (Å²) in [4.78, 5) is 6.38. The first-order chi connectivity index (χ1) is 9.59. The summed E-state index contributed by atoms with van der Waals surface area (Å²) in [5, 5.41) is 3.49. The van der Waals surface area contributed by atoms with E-state index < -0.39 is 0 Å². The van der Waals surface area contributed by atoms with E-state index in [1.807, 2.05) is 24.7 Å². The maximum absolute atomic E-state index is 5.51. The number of imidazole rings is 1. The van der Waals surface area contributed by atoms with Crippen molar-refractivity contribution in [1.29, 1.82) is 0 Å². The van der Waals surface area contributed by atoms with E-state index in [0.29, 0.717) is 6.04 Å². The molecule has 2 aromatic heterocycles.